The lowest BCUT2D eigenvalue weighted by molar-refractivity contribution is 0.158. The molecular weight excluding hydrogens is 214 g/mol. The van der Waals surface area contributed by atoms with Crippen LogP contribution in [0.2, 0.25) is 0 Å². The van der Waals surface area contributed by atoms with Gasteiger partial charge in [-0.3, -0.25) is 4.90 Å². The number of likely N-dealkylation sites (N-methyl/N-ethyl adjacent to an activating group) is 1. The van der Waals surface area contributed by atoms with Crippen LogP contribution >= 0.6 is 0 Å². The van der Waals surface area contributed by atoms with E-state index in [0.717, 1.165) is 32.7 Å². The second-order valence-corrected chi connectivity index (χ2v) is 5.84. The highest BCUT2D eigenvalue weighted by molar-refractivity contribution is 4.86. The molecule has 2 rings (SSSR count). The van der Waals surface area contributed by atoms with E-state index in [4.69, 9.17) is 10.5 Å². The molecule has 2 heterocycles. The molecule has 3 unspecified atom stereocenters. The van der Waals surface area contributed by atoms with E-state index in [-0.39, 0.29) is 0 Å². The quantitative estimate of drug-likeness (QED) is 0.755. The van der Waals surface area contributed by atoms with Crippen LogP contribution in [0.1, 0.15) is 19.3 Å². The molecule has 2 fully saturated rings. The van der Waals surface area contributed by atoms with Crippen LogP contribution in [0.3, 0.4) is 0 Å². The zero-order chi connectivity index (χ0) is 12.3. The summed E-state index contributed by atoms with van der Waals surface area (Å²) in [6.45, 7) is 5.20. The van der Waals surface area contributed by atoms with Crippen molar-refractivity contribution in [3.8, 4) is 0 Å². The smallest absolute Gasteiger partial charge is 0.0510 e. The molecule has 100 valence electrons. The molecule has 0 aromatic heterocycles. The molecule has 0 aromatic rings. The van der Waals surface area contributed by atoms with E-state index < -0.39 is 0 Å². The van der Waals surface area contributed by atoms with Crippen molar-refractivity contribution >= 4 is 0 Å². The van der Waals surface area contributed by atoms with Crippen LogP contribution in [0.15, 0.2) is 0 Å². The van der Waals surface area contributed by atoms with Crippen LogP contribution in [-0.4, -0.2) is 68.8 Å². The predicted octanol–water partition coefficient (Wildman–Crippen LogP) is 0.376. The Hall–Kier alpha value is -0.160. The Morgan fingerprint density at radius 2 is 2.24 bits per heavy atom. The third kappa shape index (κ3) is 3.65. The van der Waals surface area contributed by atoms with Crippen LogP contribution in [0, 0.1) is 5.92 Å². The minimum absolute atomic E-state index is 0.292. The Labute approximate surface area is 105 Å². The molecular formula is C13H27N3O. The molecule has 4 nitrogen and oxygen atoms in total. The standard InChI is InChI=1S/C13H27N3O/c1-15(2)8-12-4-3-6-16(12)9-13(14)11-5-7-17-10-11/h11-13H,3-10,14H2,1-2H3. The third-order valence-electron chi connectivity index (χ3n) is 4.09. The fourth-order valence-electron chi connectivity index (χ4n) is 3.07. The molecule has 0 radical (unpaired) electrons. The van der Waals surface area contributed by atoms with Gasteiger partial charge >= 0.3 is 0 Å². The van der Waals surface area contributed by atoms with E-state index in [1.165, 1.54) is 19.4 Å². The second kappa shape index (κ2) is 6.14. The van der Waals surface area contributed by atoms with Crippen LogP contribution in [0.5, 0.6) is 0 Å². The SMILES string of the molecule is CN(C)CC1CCCN1CC(N)C1CCOC1. The maximum Gasteiger partial charge on any atom is 0.0510 e. The highest BCUT2D eigenvalue weighted by Crippen LogP contribution is 2.21. The fraction of sp³-hybridized carbons (Fsp3) is 1.00. The van der Waals surface area contributed by atoms with Gasteiger partial charge in [-0.15, -0.1) is 0 Å². The van der Waals surface area contributed by atoms with Crippen LogP contribution in [-0.2, 0) is 4.74 Å². The molecule has 0 spiro atoms. The Kier molecular flexibility index (Phi) is 4.79. The Morgan fingerprint density at radius 3 is 2.88 bits per heavy atom. The predicted molar refractivity (Wildman–Crippen MR) is 70.1 cm³/mol. The summed E-state index contributed by atoms with van der Waals surface area (Å²) < 4.78 is 5.43. The van der Waals surface area contributed by atoms with Gasteiger partial charge in [0.15, 0.2) is 0 Å². The van der Waals surface area contributed by atoms with Crippen molar-refractivity contribution < 1.29 is 4.74 Å². The number of likely N-dealkylation sites (tertiary alicyclic amines) is 1. The van der Waals surface area contributed by atoms with E-state index >= 15 is 0 Å². The molecule has 2 saturated heterocycles. The van der Waals surface area contributed by atoms with Gasteiger partial charge in [-0.25, -0.2) is 0 Å². The van der Waals surface area contributed by atoms with E-state index in [2.05, 4.69) is 23.9 Å². The van der Waals surface area contributed by atoms with Crippen molar-refractivity contribution in [3.63, 3.8) is 0 Å². The second-order valence-electron chi connectivity index (χ2n) is 5.84. The molecule has 4 heteroatoms. The molecule has 2 N–H and O–H groups in total. The first-order chi connectivity index (χ1) is 8.16. The summed E-state index contributed by atoms with van der Waals surface area (Å²) in [5.74, 6) is 0.579. The van der Waals surface area contributed by atoms with E-state index in [1.54, 1.807) is 0 Å². The molecule has 0 aromatic carbocycles. The summed E-state index contributed by atoms with van der Waals surface area (Å²) in [4.78, 5) is 4.87. The molecule has 0 aliphatic carbocycles. The van der Waals surface area contributed by atoms with Gasteiger partial charge in [0.1, 0.15) is 0 Å². The number of hydrogen-bond acceptors (Lipinski definition) is 4. The van der Waals surface area contributed by atoms with Gasteiger partial charge in [-0.1, -0.05) is 0 Å². The first-order valence-electron chi connectivity index (χ1n) is 6.89. The van der Waals surface area contributed by atoms with Gasteiger partial charge < -0.3 is 15.4 Å². The Morgan fingerprint density at radius 1 is 1.41 bits per heavy atom. The largest absolute Gasteiger partial charge is 0.381 e. The lowest BCUT2D eigenvalue weighted by Crippen LogP contribution is -2.46. The number of rotatable bonds is 5. The minimum atomic E-state index is 0.292. The molecule has 0 saturated carbocycles. The topological polar surface area (TPSA) is 41.7 Å². The number of ether oxygens (including phenoxy) is 1. The summed E-state index contributed by atoms with van der Waals surface area (Å²) >= 11 is 0. The van der Waals surface area contributed by atoms with Crippen molar-refractivity contribution in [1.82, 2.24) is 9.80 Å². The molecule has 2 aliphatic heterocycles. The number of hydrogen-bond donors (Lipinski definition) is 1. The van der Waals surface area contributed by atoms with Gasteiger partial charge in [0.25, 0.3) is 0 Å². The van der Waals surface area contributed by atoms with E-state index in [0.29, 0.717) is 18.0 Å². The molecule has 17 heavy (non-hydrogen) atoms. The summed E-state index contributed by atoms with van der Waals surface area (Å²) in [6.07, 6.45) is 3.80. The summed E-state index contributed by atoms with van der Waals surface area (Å²) in [5, 5.41) is 0. The monoisotopic (exact) mass is 241 g/mol. The Bertz CT molecular complexity index is 229. The lowest BCUT2D eigenvalue weighted by atomic mass is 9.99. The van der Waals surface area contributed by atoms with Crippen molar-refractivity contribution in [2.24, 2.45) is 11.7 Å². The average molecular weight is 241 g/mol. The Balaban J connectivity index is 1.80. The first-order valence-corrected chi connectivity index (χ1v) is 6.89. The summed E-state index contributed by atoms with van der Waals surface area (Å²) in [6, 6.07) is 0.999. The van der Waals surface area contributed by atoms with Crippen LogP contribution < -0.4 is 5.73 Å². The van der Waals surface area contributed by atoms with Crippen molar-refractivity contribution in [2.75, 3.05) is 46.9 Å². The highest BCUT2D eigenvalue weighted by Gasteiger charge is 2.30. The van der Waals surface area contributed by atoms with E-state index in [9.17, 15) is 0 Å². The molecule has 3 atom stereocenters. The van der Waals surface area contributed by atoms with E-state index in [1.807, 2.05) is 0 Å². The highest BCUT2D eigenvalue weighted by atomic mass is 16.5. The minimum Gasteiger partial charge on any atom is -0.381 e. The summed E-state index contributed by atoms with van der Waals surface area (Å²) in [5.41, 5.74) is 6.32. The lowest BCUT2D eigenvalue weighted by Gasteiger charge is -2.30. The van der Waals surface area contributed by atoms with Gasteiger partial charge in [0.2, 0.25) is 0 Å². The zero-order valence-electron chi connectivity index (χ0n) is 11.3. The average Bonchev–Trinajstić information content (AvgIpc) is 2.89. The molecule has 2 aliphatic rings. The maximum absolute atomic E-state index is 6.32. The van der Waals surface area contributed by atoms with Crippen molar-refractivity contribution in [1.29, 1.82) is 0 Å². The molecule has 0 amide bonds. The van der Waals surface area contributed by atoms with Crippen LogP contribution in [0.4, 0.5) is 0 Å². The van der Waals surface area contributed by atoms with Gasteiger partial charge in [-0.2, -0.15) is 0 Å². The van der Waals surface area contributed by atoms with Crippen molar-refractivity contribution in [2.45, 2.75) is 31.3 Å². The number of nitrogens with two attached hydrogens (primary N) is 1. The summed E-state index contributed by atoms with van der Waals surface area (Å²) in [7, 11) is 4.31. The third-order valence-corrected chi connectivity index (χ3v) is 4.09. The van der Waals surface area contributed by atoms with Gasteiger partial charge in [-0.05, 0) is 39.9 Å². The first kappa shape index (κ1) is 13.3. The van der Waals surface area contributed by atoms with Crippen LogP contribution in [0.25, 0.3) is 0 Å². The maximum atomic E-state index is 6.32. The van der Waals surface area contributed by atoms with Gasteiger partial charge in [0.05, 0.1) is 6.61 Å². The molecule has 0 bridgehead atoms. The fourth-order valence-corrected chi connectivity index (χ4v) is 3.07. The van der Waals surface area contributed by atoms with Gasteiger partial charge in [0, 0.05) is 37.7 Å². The number of nitrogens with zero attached hydrogens (tertiary/aromatic N) is 2. The zero-order valence-corrected chi connectivity index (χ0v) is 11.3. The van der Waals surface area contributed by atoms with Crippen molar-refractivity contribution in [3.05, 3.63) is 0 Å². The normalized spacial score (nSPS) is 32.5.